The average Bonchev–Trinajstić information content (AvgIpc) is 2.43. The van der Waals surface area contributed by atoms with Crippen LogP contribution in [-0.2, 0) is 0 Å². The van der Waals surface area contributed by atoms with E-state index in [9.17, 15) is 0 Å². The number of hydrogen-bond acceptors (Lipinski definition) is 5. The van der Waals surface area contributed by atoms with Crippen LogP contribution in [0.3, 0.4) is 0 Å². The summed E-state index contributed by atoms with van der Waals surface area (Å²) in [5.41, 5.74) is 7.68. The van der Waals surface area contributed by atoms with Gasteiger partial charge < -0.3 is 10.6 Å². The van der Waals surface area contributed by atoms with Crippen molar-refractivity contribution < 1.29 is 0 Å². The van der Waals surface area contributed by atoms with Gasteiger partial charge in [0.25, 0.3) is 0 Å². The van der Waals surface area contributed by atoms with E-state index in [2.05, 4.69) is 41.7 Å². The van der Waals surface area contributed by atoms with E-state index < -0.39 is 0 Å². The minimum absolute atomic E-state index is 0.523. The number of fused-ring (bicyclic) bond motifs is 1. The van der Waals surface area contributed by atoms with E-state index in [0.29, 0.717) is 5.82 Å². The van der Waals surface area contributed by atoms with Crippen molar-refractivity contribution in [3.63, 3.8) is 0 Å². The van der Waals surface area contributed by atoms with Crippen LogP contribution in [-0.4, -0.2) is 40.3 Å². The second-order valence-electron chi connectivity index (χ2n) is 4.76. The monoisotopic (exact) mass is 290 g/mol. The highest BCUT2D eigenvalue weighted by Crippen LogP contribution is 2.23. The molecule has 20 heavy (non-hydrogen) atoms. The van der Waals surface area contributed by atoms with Crippen LogP contribution < -0.4 is 5.73 Å². The molecule has 2 heterocycles. The second kappa shape index (κ2) is 6.90. The molecule has 2 N–H and O–H groups in total. The van der Waals surface area contributed by atoms with E-state index >= 15 is 0 Å². The molecule has 0 fully saturated rings. The number of pyridine rings is 2. The molecule has 0 saturated heterocycles. The molecular formula is C15H22N4S. The van der Waals surface area contributed by atoms with E-state index in [1.54, 1.807) is 11.8 Å². The van der Waals surface area contributed by atoms with Crippen molar-refractivity contribution in [2.24, 2.45) is 0 Å². The molecule has 0 aliphatic carbocycles. The Morgan fingerprint density at radius 2 is 1.95 bits per heavy atom. The van der Waals surface area contributed by atoms with E-state index in [-0.39, 0.29) is 0 Å². The van der Waals surface area contributed by atoms with Crippen molar-refractivity contribution in [2.75, 3.05) is 31.1 Å². The van der Waals surface area contributed by atoms with Gasteiger partial charge in [-0.3, -0.25) is 0 Å². The van der Waals surface area contributed by atoms with Crippen LogP contribution in [0.1, 0.15) is 19.4 Å². The summed E-state index contributed by atoms with van der Waals surface area (Å²) in [6, 6.07) is 5.95. The van der Waals surface area contributed by atoms with Gasteiger partial charge >= 0.3 is 0 Å². The van der Waals surface area contributed by atoms with Gasteiger partial charge in [0.15, 0.2) is 5.65 Å². The maximum Gasteiger partial charge on any atom is 0.162 e. The Labute approximate surface area is 124 Å². The van der Waals surface area contributed by atoms with Gasteiger partial charge in [-0.2, -0.15) is 0 Å². The molecule has 2 aromatic rings. The molecule has 108 valence electrons. The van der Waals surface area contributed by atoms with Gasteiger partial charge in [-0.05, 0) is 43.8 Å². The predicted molar refractivity (Wildman–Crippen MR) is 87.2 cm³/mol. The van der Waals surface area contributed by atoms with Gasteiger partial charge in [-0.15, -0.1) is 11.8 Å². The third-order valence-electron chi connectivity index (χ3n) is 3.43. The highest BCUT2D eigenvalue weighted by molar-refractivity contribution is 7.99. The Morgan fingerprint density at radius 1 is 1.20 bits per heavy atom. The molecule has 5 heteroatoms. The van der Waals surface area contributed by atoms with Crippen LogP contribution in [0.15, 0.2) is 23.2 Å². The summed E-state index contributed by atoms with van der Waals surface area (Å²) in [7, 11) is 0. The molecule has 2 aromatic heterocycles. The van der Waals surface area contributed by atoms with Gasteiger partial charge in [0.05, 0.1) is 5.03 Å². The fourth-order valence-corrected chi connectivity index (χ4v) is 3.12. The Bertz CT molecular complexity index is 581. The number of nitrogen functional groups attached to an aromatic ring is 1. The number of aryl methyl sites for hydroxylation is 1. The van der Waals surface area contributed by atoms with Crippen molar-refractivity contribution in [1.29, 1.82) is 0 Å². The first-order chi connectivity index (χ1) is 9.63. The zero-order valence-corrected chi connectivity index (χ0v) is 13.2. The Kier molecular flexibility index (Phi) is 5.20. The lowest BCUT2D eigenvalue weighted by Gasteiger charge is -2.17. The normalized spacial score (nSPS) is 11.4. The summed E-state index contributed by atoms with van der Waals surface area (Å²) in [6.45, 7) is 9.76. The summed E-state index contributed by atoms with van der Waals surface area (Å²) in [4.78, 5) is 11.3. The molecule has 0 aromatic carbocycles. The molecule has 0 aliphatic heterocycles. The van der Waals surface area contributed by atoms with Gasteiger partial charge in [-0.1, -0.05) is 13.8 Å². The molecule has 4 nitrogen and oxygen atoms in total. The Hall–Kier alpha value is -1.33. The highest BCUT2D eigenvalue weighted by atomic mass is 32.2. The third-order valence-corrected chi connectivity index (χ3v) is 4.32. The zero-order valence-electron chi connectivity index (χ0n) is 12.4. The lowest BCUT2D eigenvalue weighted by molar-refractivity contribution is 0.324. The molecule has 2 rings (SSSR count). The number of hydrogen-bond donors (Lipinski definition) is 1. The minimum atomic E-state index is 0.523. The van der Waals surface area contributed by atoms with E-state index in [4.69, 9.17) is 5.73 Å². The van der Waals surface area contributed by atoms with Crippen molar-refractivity contribution >= 4 is 28.6 Å². The lowest BCUT2D eigenvalue weighted by atomic mass is 10.2. The van der Waals surface area contributed by atoms with Gasteiger partial charge in [0.2, 0.25) is 0 Å². The smallest absolute Gasteiger partial charge is 0.162 e. The maximum atomic E-state index is 5.74. The molecule has 0 amide bonds. The van der Waals surface area contributed by atoms with Crippen LogP contribution in [0, 0.1) is 6.92 Å². The predicted octanol–water partition coefficient (Wildman–Crippen LogP) is 2.95. The average molecular weight is 290 g/mol. The second-order valence-corrected chi connectivity index (χ2v) is 5.88. The summed E-state index contributed by atoms with van der Waals surface area (Å²) in [5, 5.41) is 2.10. The maximum absolute atomic E-state index is 5.74. The largest absolute Gasteiger partial charge is 0.384 e. The number of thioether (sulfide) groups is 1. The first-order valence-electron chi connectivity index (χ1n) is 7.03. The first kappa shape index (κ1) is 15.1. The topological polar surface area (TPSA) is 55.0 Å². The first-order valence-corrected chi connectivity index (χ1v) is 8.01. The van der Waals surface area contributed by atoms with Crippen molar-refractivity contribution in [3.05, 3.63) is 23.8 Å². The summed E-state index contributed by atoms with van der Waals surface area (Å²) in [6.07, 6.45) is 0. The number of anilines is 1. The fraction of sp³-hybridized carbons (Fsp3) is 0.467. The van der Waals surface area contributed by atoms with Crippen LogP contribution >= 0.6 is 11.8 Å². The quantitative estimate of drug-likeness (QED) is 0.829. The Morgan fingerprint density at radius 3 is 2.65 bits per heavy atom. The SMILES string of the molecule is CCN(CC)CCSc1cc(C)c2ccc(N)nc2n1. The number of rotatable bonds is 6. The minimum Gasteiger partial charge on any atom is -0.384 e. The summed E-state index contributed by atoms with van der Waals surface area (Å²) >= 11 is 1.78. The molecular weight excluding hydrogens is 268 g/mol. The van der Waals surface area contributed by atoms with E-state index in [1.165, 1.54) is 5.56 Å². The van der Waals surface area contributed by atoms with Gasteiger partial charge in [0, 0.05) is 17.7 Å². The molecule has 0 radical (unpaired) electrons. The van der Waals surface area contributed by atoms with E-state index in [0.717, 1.165) is 41.4 Å². The van der Waals surface area contributed by atoms with Crippen LogP contribution in [0.2, 0.25) is 0 Å². The van der Waals surface area contributed by atoms with Crippen molar-refractivity contribution in [2.45, 2.75) is 25.8 Å². The van der Waals surface area contributed by atoms with Gasteiger partial charge in [0.1, 0.15) is 5.82 Å². The van der Waals surface area contributed by atoms with Crippen molar-refractivity contribution in [1.82, 2.24) is 14.9 Å². The fourth-order valence-electron chi connectivity index (χ4n) is 2.15. The number of nitrogens with two attached hydrogens (primary N) is 1. The molecule has 0 saturated carbocycles. The molecule has 0 aliphatic rings. The number of aromatic nitrogens is 2. The van der Waals surface area contributed by atoms with E-state index in [1.807, 2.05) is 12.1 Å². The van der Waals surface area contributed by atoms with Crippen molar-refractivity contribution in [3.8, 4) is 0 Å². The molecule has 0 atom stereocenters. The standard InChI is InChI=1S/C15H22N4S/c1-4-19(5-2)8-9-20-14-10-11(3)12-6-7-13(16)17-15(12)18-14/h6-7,10H,4-5,8-9H2,1-3H3,(H2,16,17,18). The van der Waals surface area contributed by atoms with Crippen LogP contribution in [0.5, 0.6) is 0 Å². The lowest BCUT2D eigenvalue weighted by Crippen LogP contribution is -2.25. The van der Waals surface area contributed by atoms with Gasteiger partial charge in [-0.25, -0.2) is 9.97 Å². The third kappa shape index (κ3) is 3.61. The number of nitrogens with zero attached hydrogens (tertiary/aromatic N) is 3. The van der Waals surface area contributed by atoms with Crippen LogP contribution in [0.25, 0.3) is 11.0 Å². The van der Waals surface area contributed by atoms with Crippen LogP contribution in [0.4, 0.5) is 5.82 Å². The highest BCUT2D eigenvalue weighted by Gasteiger charge is 2.06. The Balaban J connectivity index is 2.11. The molecule has 0 bridgehead atoms. The summed E-state index contributed by atoms with van der Waals surface area (Å²) < 4.78 is 0. The molecule has 0 unspecified atom stereocenters. The zero-order chi connectivity index (χ0) is 14.5. The molecule has 0 spiro atoms. The summed E-state index contributed by atoms with van der Waals surface area (Å²) in [5.74, 6) is 1.57.